The van der Waals surface area contributed by atoms with Crippen molar-refractivity contribution < 1.29 is 8.42 Å². The lowest BCUT2D eigenvalue weighted by Crippen LogP contribution is -2.30. The molecule has 0 bridgehead atoms. The maximum atomic E-state index is 12.1. The summed E-state index contributed by atoms with van der Waals surface area (Å²) in [4.78, 5) is 19.2. The number of benzene rings is 2. The Morgan fingerprint density at radius 2 is 1.67 bits per heavy atom. The van der Waals surface area contributed by atoms with Gasteiger partial charge in [0.05, 0.1) is 23.7 Å². The van der Waals surface area contributed by atoms with Crippen LogP contribution in [0, 0.1) is 0 Å². The highest BCUT2D eigenvalue weighted by Gasteiger charge is 2.19. The van der Waals surface area contributed by atoms with Crippen LogP contribution < -0.4 is 5.56 Å². The fourth-order valence-electron chi connectivity index (χ4n) is 2.45. The van der Waals surface area contributed by atoms with Gasteiger partial charge in [0.2, 0.25) is 10.0 Å². The monoisotopic (exact) mass is 343 g/mol. The molecule has 1 aromatic heterocycles. The maximum absolute atomic E-state index is 12.1. The number of sulfonamides is 1. The zero-order valence-electron chi connectivity index (χ0n) is 13.1. The quantitative estimate of drug-likeness (QED) is 0.767. The number of hydrogen-bond acceptors (Lipinski definition) is 4. The van der Waals surface area contributed by atoms with Crippen LogP contribution >= 0.6 is 0 Å². The van der Waals surface area contributed by atoms with E-state index in [0.717, 1.165) is 11.8 Å². The van der Waals surface area contributed by atoms with Crippen molar-refractivity contribution in [1.82, 2.24) is 14.3 Å². The van der Waals surface area contributed by atoms with Crippen LogP contribution in [0.3, 0.4) is 0 Å². The fourth-order valence-corrected chi connectivity index (χ4v) is 3.19. The van der Waals surface area contributed by atoms with Gasteiger partial charge in [-0.05, 0) is 17.7 Å². The highest BCUT2D eigenvalue weighted by atomic mass is 32.2. The molecule has 0 amide bonds. The lowest BCUT2D eigenvalue weighted by molar-refractivity contribution is 0.396. The first-order chi connectivity index (χ1) is 11.4. The standard InChI is InChI=1S/C17H17N3O3S/c1-24(22,23)20(11-13-7-3-2-4-8-13)12-16-18-15-10-6-5-9-14(15)17(21)19-16/h2-10H,11-12H2,1H3,(H,18,19,21). The molecule has 1 N–H and O–H groups in total. The second kappa shape index (κ2) is 6.54. The molecule has 0 atom stereocenters. The van der Waals surface area contributed by atoms with E-state index in [-0.39, 0.29) is 18.6 Å². The van der Waals surface area contributed by atoms with Gasteiger partial charge in [-0.25, -0.2) is 13.4 Å². The Morgan fingerprint density at radius 3 is 2.38 bits per heavy atom. The largest absolute Gasteiger partial charge is 0.309 e. The zero-order chi connectivity index (χ0) is 17.2. The summed E-state index contributed by atoms with van der Waals surface area (Å²) in [6.07, 6.45) is 1.15. The summed E-state index contributed by atoms with van der Waals surface area (Å²) in [5.74, 6) is 0.319. The lowest BCUT2D eigenvalue weighted by Gasteiger charge is -2.19. The number of aromatic amines is 1. The van der Waals surface area contributed by atoms with Crippen LogP contribution in [0.2, 0.25) is 0 Å². The minimum Gasteiger partial charge on any atom is -0.309 e. The van der Waals surface area contributed by atoms with E-state index in [1.807, 2.05) is 30.3 Å². The molecule has 0 aliphatic rings. The van der Waals surface area contributed by atoms with Crippen molar-refractivity contribution in [2.75, 3.05) is 6.26 Å². The van der Waals surface area contributed by atoms with Gasteiger partial charge in [0, 0.05) is 6.54 Å². The topological polar surface area (TPSA) is 83.1 Å². The van der Waals surface area contributed by atoms with E-state index in [1.54, 1.807) is 24.3 Å². The van der Waals surface area contributed by atoms with E-state index in [9.17, 15) is 13.2 Å². The Labute approximate surface area is 139 Å². The van der Waals surface area contributed by atoms with Gasteiger partial charge in [-0.3, -0.25) is 4.79 Å². The molecule has 0 saturated heterocycles. The predicted octanol–water partition coefficient (Wildman–Crippen LogP) is 1.88. The third-order valence-corrected chi connectivity index (χ3v) is 4.86. The molecule has 24 heavy (non-hydrogen) atoms. The van der Waals surface area contributed by atoms with Gasteiger partial charge in [-0.2, -0.15) is 4.31 Å². The Hall–Kier alpha value is -2.51. The molecule has 1 heterocycles. The van der Waals surface area contributed by atoms with E-state index >= 15 is 0 Å². The number of rotatable bonds is 5. The van der Waals surface area contributed by atoms with Gasteiger partial charge in [-0.1, -0.05) is 42.5 Å². The van der Waals surface area contributed by atoms with E-state index in [0.29, 0.717) is 16.7 Å². The number of fused-ring (bicyclic) bond motifs is 1. The number of nitrogens with one attached hydrogen (secondary N) is 1. The number of aromatic nitrogens is 2. The average molecular weight is 343 g/mol. The molecule has 0 fully saturated rings. The maximum Gasteiger partial charge on any atom is 0.258 e. The molecule has 2 aromatic carbocycles. The van der Waals surface area contributed by atoms with Crippen molar-refractivity contribution in [1.29, 1.82) is 0 Å². The Balaban J connectivity index is 1.95. The van der Waals surface area contributed by atoms with Gasteiger partial charge >= 0.3 is 0 Å². The Bertz CT molecular complexity index is 1010. The van der Waals surface area contributed by atoms with E-state index in [4.69, 9.17) is 0 Å². The molecule has 124 valence electrons. The fraction of sp³-hybridized carbons (Fsp3) is 0.176. The summed E-state index contributed by atoms with van der Waals surface area (Å²) in [6, 6.07) is 16.3. The lowest BCUT2D eigenvalue weighted by atomic mass is 10.2. The molecular weight excluding hydrogens is 326 g/mol. The van der Waals surface area contributed by atoms with Crippen LogP contribution in [0.15, 0.2) is 59.4 Å². The molecule has 0 aliphatic heterocycles. The third-order valence-electron chi connectivity index (χ3n) is 3.66. The summed E-state index contributed by atoms with van der Waals surface area (Å²) < 4.78 is 25.5. The third kappa shape index (κ3) is 3.69. The van der Waals surface area contributed by atoms with Gasteiger partial charge < -0.3 is 4.98 Å². The minimum absolute atomic E-state index is 0.00774. The van der Waals surface area contributed by atoms with Crippen molar-refractivity contribution in [2.24, 2.45) is 0 Å². The van der Waals surface area contributed by atoms with Gasteiger partial charge in [0.1, 0.15) is 5.82 Å². The second-order valence-electron chi connectivity index (χ2n) is 5.55. The second-order valence-corrected chi connectivity index (χ2v) is 7.53. The average Bonchev–Trinajstić information content (AvgIpc) is 2.54. The zero-order valence-corrected chi connectivity index (χ0v) is 14.0. The van der Waals surface area contributed by atoms with Crippen LogP contribution in [-0.2, 0) is 23.1 Å². The van der Waals surface area contributed by atoms with Crippen molar-refractivity contribution in [3.63, 3.8) is 0 Å². The van der Waals surface area contributed by atoms with Gasteiger partial charge in [-0.15, -0.1) is 0 Å². The highest BCUT2D eigenvalue weighted by Crippen LogP contribution is 2.12. The first kappa shape index (κ1) is 16.4. The highest BCUT2D eigenvalue weighted by molar-refractivity contribution is 7.88. The van der Waals surface area contributed by atoms with E-state index < -0.39 is 10.0 Å². The summed E-state index contributed by atoms with van der Waals surface area (Å²) in [5, 5.41) is 0.482. The smallest absolute Gasteiger partial charge is 0.258 e. The van der Waals surface area contributed by atoms with Crippen LogP contribution in [0.5, 0.6) is 0 Å². The van der Waals surface area contributed by atoms with Gasteiger partial charge in [0.25, 0.3) is 5.56 Å². The van der Waals surface area contributed by atoms with Crippen LogP contribution in [0.4, 0.5) is 0 Å². The van der Waals surface area contributed by atoms with Crippen molar-refractivity contribution >= 4 is 20.9 Å². The molecule has 3 aromatic rings. The van der Waals surface area contributed by atoms with Crippen LogP contribution in [0.25, 0.3) is 10.9 Å². The summed E-state index contributed by atoms with van der Waals surface area (Å²) in [5.41, 5.74) is 1.14. The van der Waals surface area contributed by atoms with Crippen LogP contribution in [-0.4, -0.2) is 28.9 Å². The molecule has 0 spiro atoms. The van der Waals surface area contributed by atoms with Gasteiger partial charge in [0.15, 0.2) is 0 Å². The van der Waals surface area contributed by atoms with Crippen molar-refractivity contribution in [3.8, 4) is 0 Å². The first-order valence-corrected chi connectivity index (χ1v) is 9.25. The molecule has 0 unspecified atom stereocenters. The van der Waals surface area contributed by atoms with Crippen LogP contribution in [0.1, 0.15) is 11.4 Å². The summed E-state index contributed by atoms with van der Waals surface area (Å²) in [6.45, 7) is 0.226. The SMILES string of the molecule is CS(=O)(=O)N(Cc1ccccc1)Cc1nc2ccccc2c(=O)[nH]1. The molecule has 0 radical (unpaired) electrons. The molecule has 7 heteroatoms. The predicted molar refractivity (Wildman–Crippen MR) is 92.9 cm³/mol. The summed E-state index contributed by atoms with van der Waals surface area (Å²) >= 11 is 0. The number of para-hydroxylation sites is 1. The Kier molecular flexibility index (Phi) is 4.46. The van der Waals surface area contributed by atoms with Crippen molar-refractivity contribution in [3.05, 3.63) is 76.3 Å². The molecule has 6 nitrogen and oxygen atoms in total. The molecule has 0 saturated carbocycles. The molecule has 0 aliphatic carbocycles. The minimum atomic E-state index is -3.46. The van der Waals surface area contributed by atoms with E-state index in [2.05, 4.69) is 9.97 Å². The molecule has 3 rings (SSSR count). The number of H-pyrrole nitrogens is 1. The normalized spacial score (nSPS) is 11.9. The Morgan fingerprint density at radius 1 is 1.00 bits per heavy atom. The first-order valence-electron chi connectivity index (χ1n) is 7.40. The molecular formula is C17H17N3O3S. The van der Waals surface area contributed by atoms with E-state index in [1.165, 1.54) is 4.31 Å². The number of hydrogen-bond donors (Lipinski definition) is 1. The summed E-state index contributed by atoms with van der Waals surface area (Å²) in [7, 11) is -3.46. The number of nitrogens with zero attached hydrogens (tertiary/aromatic N) is 2. The van der Waals surface area contributed by atoms with Crippen molar-refractivity contribution in [2.45, 2.75) is 13.1 Å².